The summed E-state index contributed by atoms with van der Waals surface area (Å²) in [7, 11) is 0. The van der Waals surface area contributed by atoms with E-state index in [4.69, 9.17) is 0 Å². The van der Waals surface area contributed by atoms with Crippen LogP contribution in [0.3, 0.4) is 0 Å². The number of rotatable bonds is 4. The topological polar surface area (TPSA) is 12.0 Å². The van der Waals surface area contributed by atoms with Crippen LogP contribution in [0.25, 0.3) is 0 Å². The van der Waals surface area contributed by atoms with Gasteiger partial charge in [0.25, 0.3) is 0 Å². The summed E-state index contributed by atoms with van der Waals surface area (Å²) in [6.07, 6.45) is 0. The average Bonchev–Trinajstić information content (AvgIpc) is 2.38. The van der Waals surface area contributed by atoms with Gasteiger partial charge >= 0.3 is 0 Å². The van der Waals surface area contributed by atoms with Crippen molar-refractivity contribution in [1.29, 1.82) is 0 Å². The lowest BCUT2D eigenvalue weighted by Gasteiger charge is -2.20. The Bertz CT molecular complexity index is 555. The van der Waals surface area contributed by atoms with Gasteiger partial charge in [-0.15, -0.1) is 0 Å². The van der Waals surface area contributed by atoms with Crippen molar-refractivity contribution < 1.29 is 4.39 Å². The van der Waals surface area contributed by atoms with Gasteiger partial charge in [-0.25, -0.2) is 4.39 Å². The molecular weight excluding hydrogens is 373 g/mol. The quantitative estimate of drug-likeness (QED) is 0.775. The molecule has 0 amide bonds. The molecule has 0 heterocycles. The number of hydrogen-bond donors (Lipinski definition) is 1. The van der Waals surface area contributed by atoms with E-state index in [1.165, 1.54) is 12.1 Å². The van der Waals surface area contributed by atoms with Crippen molar-refractivity contribution in [3.05, 3.63) is 68.4 Å². The van der Waals surface area contributed by atoms with Gasteiger partial charge in [-0.1, -0.05) is 57.0 Å². The molecule has 0 saturated carbocycles. The Kier molecular flexibility index (Phi) is 5.13. The van der Waals surface area contributed by atoms with Crippen LogP contribution in [0.1, 0.15) is 24.1 Å². The minimum Gasteiger partial charge on any atom is -0.306 e. The second-order valence-corrected chi connectivity index (χ2v) is 5.98. The zero-order valence-electron chi connectivity index (χ0n) is 10.5. The standard InChI is InChI=1S/C15H14Br2FN/c1-2-19-15(10-3-6-12(18)7-4-10)13-8-5-11(16)9-14(13)17/h3-9,15,19H,2H2,1H3. The highest BCUT2D eigenvalue weighted by Gasteiger charge is 2.15. The molecule has 2 aromatic carbocycles. The van der Waals surface area contributed by atoms with Gasteiger partial charge in [-0.3, -0.25) is 0 Å². The lowest BCUT2D eigenvalue weighted by molar-refractivity contribution is 0.612. The predicted octanol–water partition coefficient (Wildman–Crippen LogP) is 5.05. The Labute approximate surface area is 129 Å². The van der Waals surface area contributed by atoms with Crippen LogP contribution in [0.4, 0.5) is 4.39 Å². The number of nitrogens with one attached hydrogen (secondary N) is 1. The largest absolute Gasteiger partial charge is 0.306 e. The van der Waals surface area contributed by atoms with E-state index in [1.807, 2.05) is 24.3 Å². The number of hydrogen-bond acceptors (Lipinski definition) is 1. The zero-order valence-corrected chi connectivity index (χ0v) is 13.6. The van der Waals surface area contributed by atoms with Gasteiger partial charge in [-0.2, -0.15) is 0 Å². The fraction of sp³-hybridized carbons (Fsp3) is 0.200. The molecule has 0 aliphatic rings. The van der Waals surface area contributed by atoms with Crippen molar-refractivity contribution in [2.24, 2.45) is 0 Å². The molecule has 0 saturated heterocycles. The van der Waals surface area contributed by atoms with E-state index >= 15 is 0 Å². The number of benzene rings is 2. The first-order chi connectivity index (χ1) is 9.11. The third-order valence-electron chi connectivity index (χ3n) is 2.89. The summed E-state index contributed by atoms with van der Waals surface area (Å²) in [5.41, 5.74) is 2.18. The Hall–Kier alpha value is -0.710. The van der Waals surface area contributed by atoms with E-state index < -0.39 is 0 Å². The summed E-state index contributed by atoms with van der Waals surface area (Å²) in [5.74, 6) is -0.214. The van der Waals surface area contributed by atoms with Crippen LogP contribution in [-0.2, 0) is 0 Å². The van der Waals surface area contributed by atoms with Gasteiger partial charge in [0, 0.05) is 8.95 Å². The molecule has 1 nitrogen and oxygen atoms in total. The van der Waals surface area contributed by atoms with Crippen molar-refractivity contribution in [1.82, 2.24) is 5.32 Å². The van der Waals surface area contributed by atoms with Crippen LogP contribution in [0, 0.1) is 5.82 Å². The summed E-state index contributed by atoms with van der Waals surface area (Å²) in [6.45, 7) is 2.90. The molecule has 0 aliphatic carbocycles. The van der Waals surface area contributed by atoms with Crippen LogP contribution in [0.5, 0.6) is 0 Å². The molecule has 19 heavy (non-hydrogen) atoms. The maximum Gasteiger partial charge on any atom is 0.123 e. The van der Waals surface area contributed by atoms with Crippen molar-refractivity contribution in [2.45, 2.75) is 13.0 Å². The Morgan fingerprint density at radius 1 is 1.11 bits per heavy atom. The second-order valence-electron chi connectivity index (χ2n) is 4.21. The third-order valence-corrected chi connectivity index (χ3v) is 4.07. The van der Waals surface area contributed by atoms with Crippen molar-refractivity contribution in [2.75, 3.05) is 6.54 Å². The van der Waals surface area contributed by atoms with E-state index in [1.54, 1.807) is 0 Å². The van der Waals surface area contributed by atoms with Gasteiger partial charge in [0.05, 0.1) is 6.04 Å². The third kappa shape index (κ3) is 3.65. The first-order valence-corrected chi connectivity index (χ1v) is 7.64. The molecular formula is C15H14Br2FN. The maximum absolute atomic E-state index is 13.0. The van der Waals surface area contributed by atoms with Crippen LogP contribution >= 0.6 is 31.9 Å². The van der Waals surface area contributed by atoms with Gasteiger partial charge in [0.1, 0.15) is 5.82 Å². The molecule has 1 N–H and O–H groups in total. The van der Waals surface area contributed by atoms with Gasteiger partial charge < -0.3 is 5.32 Å². The van der Waals surface area contributed by atoms with E-state index in [-0.39, 0.29) is 11.9 Å². The first-order valence-electron chi connectivity index (χ1n) is 6.05. The molecule has 0 aromatic heterocycles. The summed E-state index contributed by atoms with van der Waals surface area (Å²) >= 11 is 7.04. The van der Waals surface area contributed by atoms with Crippen molar-refractivity contribution in [3.8, 4) is 0 Å². The summed E-state index contributed by atoms with van der Waals surface area (Å²) in [4.78, 5) is 0. The summed E-state index contributed by atoms with van der Waals surface area (Å²) in [5, 5.41) is 3.43. The molecule has 2 rings (SSSR count). The van der Waals surface area contributed by atoms with E-state index in [2.05, 4.69) is 50.2 Å². The molecule has 0 aliphatic heterocycles. The highest BCUT2D eigenvalue weighted by atomic mass is 79.9. The van der Waals surface area contributed by atoms with E-state index in [9.17, 15) is 4.39 Å². The molecule has 0 radical (unpaired) electrons. The van der Waals surface area contributed by atoms with Crippen molar-refractivity contribution in [3.63, 3.8) is 0 Å². The molecule has 2 aromatic rings. The fourth-order valence-corrected chi connectivity index (χ4v) is 3.28. The van der Waals surface area contributed by atoms with E-state index in [0.717, 1.165) is 26.6 Å². The fourth-order valence-electron chi connectivity index (χ4n) is 2.00. The highest BCUT2D eigenvalue weighted by molar-refractivity contribution is 9.11. The van der Waals surface area contributed by atoms with Crippen LogP contribution < -0.4 is 5.32 Å². The zero-order chi connectivity index (χ0) is 13.8. The Morgan fingerprint density at radius 2 is 1.79 bits per heavy atom. The smallest absolute Gasteiger partial charge is 0.123 e. The van der Waals surface area contributed by atoms with Crippen LogP contribution in [-0.4, -0.2) is 6.54 Å². The molecule has 0 fully saturated rings. The van der Waals surface area contributed by atoms with Gasteiger partial charge in [-0.05, 0) is 41.9 Å². The Morgan fingerprint density at radius 3 is 2.37 bits per heavy atom. The first kappa shape index (κ1) is 14.7. The highest BCUT2D eigenvalue weighted by Crippen LogP contribution is 2.30. The molecule has 1 atom stereocenters. The normalized spacial score (nSPS) is 12.4. The summed E-state index contributed by atoms with van der Waals surface area (Å²) in [6, 6.07) is 12.8. The molecule has 1 unspecified atom stereocenters. The maximum atomic E-state index is 13.0. The van der Waals surface area contributed by atoms with Crippen molar-refractivity contribution >= 4 is 31.9 Å². The number of halogens is 3. The molecule has 4 heteroatoms. The molecule has 0 bridgehead atoms. The average molecular weight is 387 g/mol. The summed E-state index contributed by atoms with van der Waals surface area (Å²) < 4.78 is 15.1. The lowest BCUT2D eigenvalue weighted by Crippen LogP contribution is -2.22. The van der Waals surface area contributed by atoms with E-state index in [0.29, 0.717) is 0 Å². The second kappa shape index (κ2) is 6.64. The monoisotopic (exact) mass is 385 g/mol. The molecule has 0 spiro atoms. The minimum atomic E-state index is -0.214. The van der Waals surface area contributed by atoms with Crippen LogP contribution in [0.2, 0.25) is 0 Å². The van der Waals surface area contributed by atoms with Crippen LogP contribution in [0.15, 0.2) is 51.4 Å². The Balaban J connectivity index is 2.41. The van der Waals surface area contributed by atoms with Gasteiger partial charge in [0.15, 0.2) is 0 Å². The van der Waals surface area contributed by atoms with Gasteiger partial charge in [0.2, 0.25) is 0 Å². The molecule has 100 valence electrons. The lowest BCUT2D eigenvalue weighted by atomic mass is 9.98. The SMILES string of the molecule is CCNC(c1ccc(F)cc1)c1ccc(Br)cc1Br. The minimum absolute atomic E-state index is 0.0491. The predicted molar refractivity (Wildman–Crippen MR) is 83.8 cm³/mol.